The van der Waals surface area contributed by atoms with E-state index in [0.717, 1.165) is 19.4 Å². The van der Waals surface area contributed by atoms with Crippen LogP contribution < -0.4 is 5.32 Å². The van der Waals surface area contributed by atoms with Crippen molar-refractivity contribution in [2.75, 3.05) is 20.1 Å². The monoisotopic (exact) mass is 214 g/mol. The first-order chi connectivity index (χ1) is 7.04. The number of likely N-dealkylation sites (tertiary alicyclic amines) is 1. The lowest BCUT2D eigenvalue weighted by molar-refractivity contribution is -0.134. The molecule has 0 aromatic heterocycles. The fourth-order valence-electron chi connectivity index (χ4n) is 2.10. The van der Waals surface area contributed by atoms with Crippen LogP contribution in [0, 0.1) is 5.92 Å². The van der Waals surface area contributed by atoms with Gasteiger partial charge in [-0.15, -0.1) is 0 Å². The standard InChI is InChI=1S/C11H22N2O2/c1-8-4-5-10(12-3)11(15)13(6-8)7-9(2)14/h8-10,12,14H,4-7H2,1-3H3. The van der Waals surface area contributed by atoms with Gasteiger partial charge in [-0.3, -0.25) is 4.79 Å². The molecule has 0 aliphatic carbocycles. The smallest absolute Gasteiger partial charge is 0.239 e. The molecule has 0 bridgehead atoms. The number of amides is 1. The summed E-state index contributed by atoms with van der Waals surface area (Å²) in [5.74, 6) is 0.647. The van der Waals surface area contributed by atoms with E-state index in [4.69, 9.17) is 0 Å². The van der Waals surface area contributed by atoms with Gasteiger partial charge in [-0.2, -0.15) is 0 Å². The van der Waals surface area contributed by atoms with Crippen LogP contribution in [0.4, 0.5) is 0 Å². The molecule has 1 rings (SSSR count). The van der Waals surface area contributed by atoms with Crippen molar-refractivity contribution in [1.29, 1.82) is 0 Å². The quantitative estimate of drug-likeness (QED) is 0.706. The van der Waals surface area contributed by atoms with E-state index in [2.05, 4.69) is 12.2 Å². The number of aliphatic hydroxyl groups excluding tert-OH is 1. The summed E-state index contributed by atoms with van der Waals surface area (Å²) in [4.78, 5) is 13.8. The average molecular weight is 214 g/mol. The van der Waals surface area contributed by atoms with Gasteiger partial charge in [0, 0.05) is 13.1 Å². The Hall–Kier alpha value is -0.610. The summed E-state index contributed by atoms with van der Waals surface area (Å²) >= 11 is 0. The summed E-state index contributed by atoms with van der Waals surface area (Å²) in [6, 6.07) is -0.0753. The number of nitrogens with zero attached hydrogens (tertiary/aromatic N) is 1. The molecule has 3 atom stereocenters. The Kier molecular flexibility index (Phi) is 4.54. The first-order valence-electron chi connectivity index (χ1n) is 5.68. The van der Waals surface area contributed by atoms with E-state index in [1.807, 2.05) is 7.05 Å². The summed E-state index contributed by atoms with van der Waals surface area (Å²) in [6.07, 6.45) is 1.51. The van der Waals surface area contributed by atoms with Gasteiger partial charge in [-0.05, 0) is 32.7 Å². The van der Waals surface area contributed by atoms with Crippen LogP contribution in [0.25, 0.3) is 0 Å². The van der Waals surface area contributed by atoms with Crippen LogP contribution in [0.1, 0.15) is 26.7 Å². The summed E-state index contributed by atoms with van der Waals surface area (Å²) < 4.78 is 0. The van der Waals surface area contributed by atoms with Gasteiger partial charge in [-0.25, -0.2) is 0 Å². The SMILES string of the molecule is CNC1CCC(C)CN(CC(C)O)C1=O. The van der Waals surface area contributed by atoms with Crippen molar-refractivity contribution in [2.24, 2.45) is 5.92 Å². The van der Waals surface area contributed by atoms with E-state index in [1.54, 1.807) is 11.8 Å². The van der Waals surface area contributed by atoms with Gasteiger partial charge in [0.2, 0.25) is 5.91 Å². The molecule has 1 fully saturated rings. The van der Waals surface area contributed by atoms with Crippen molar-refractivity contribution in [1.82, 2.24) is 10.2 Å². The number of carbonyl (C=O) groups excluding carboxylic acids is 1. The average Bonchev–Trinajstić information content (AvgIpc) is 2.27. The van der Waals surface area contributed by atoms with Gasteiger partial charge in [0.05, 0.1) is 12.1 Å². The van der Waals surface area contributed by atoms with Gasteiger partial charge in [0.15, 0.2) is 0 Å². The predicted molar refractivity (Wildman–Crippen MR) is 59.5 cm³/mol. The summed E-state index contributed by atoms with van der Waals surface area (Å²) in [6.45, 7) is 5.08. The van der Waals surface area contributed by atoms with Gasteiger partial charge < -0.3 is 15.3 Å². The molecule has 1 amide bonds. The normalized spacial score (nSPS) is 30.1. The molecule has 15 heavy (non-hydrogen) atoms. The van der Waals surface area contributed by atoms with Crippen molar-refractivity contribution >= 4 is 5.91 Å². The Labute approximate surface area is 91.6 Å². The second-order valence-electron chi connectivity index (χ2n) is 4.62. The molecule has 2 N–H and O–H groups in total. The van der Waals surface area contributed by atoms with Crippen molar-refractivity contribution < 1.29 is 9.90 Å². The first-order valence-corrected chi connectivity index (χ1v) is 5.68. The van der Waals surface area contributed by atoms with Crippen molar-refractivity contribution in [3.05, 3.63) is 0 Å². The molecule has 88 valence electrons. The number of hydrogen-bond donors (Lipinski definition) is 2. The fraction of sp³-hybridized carbons (Fsp3) is 0.909. The molecule has 0 aromatic carbocycles. The molecule has 4 nitrogen and oxygen atoms in total. The molecular weight excluding hydrogens is 192 g/mol. The Morgan fingerprint density at radius 1 is 1.60 bits per heavy atom. The van der Waals surface area contributed by atoms with Crippen LogP contribution in [0.2, 0.25) is 0 Å². The summed E-state index contributed by atoms with van der Waals surface area (Å²) in [5, 5.41) is 12.4. The molecule has 1 saturated heterocycles. The molecule has 0 saturated carbocycles. The lowest BCUT2D eigenvalue weighted by atomic mass is 10.0. The molecular formula is C11H22N2O2. The zero-order valence-electron chi connectivity index (χ0n) is 9.86. The predicted octanol–water partition coefficient (Wildman–Crippen LogP) is 0.214. The van der Waals surface area contributed by atoms with Crippen LogP contribution in [0.5, 0.6) is 0 Å². The maximum atomic E-state index is 12.0. The zero-order valence-corrected chi connectivity index (χ0v) is 9.86. The molecule has 0 spiro atoms. The Bertz CT molecular complexity index is 219. The van der Waals surface area contributed by atoms with Crippen LogP contribution in [0.15, 0.2) is 0 Å². The fourth-order valence-corrected chi connectivity index (χ4v) is 2.10. The van der Waals surface area contributed by atoms with Crippen LogP contribution >= 0.6 is 0 Å². The minimum absolute atomic E-state index is 0.0753. The number of likely N-dealkylation sites (N-methyl/N-ethyl adjacent to an activating group) is 1. The molecule has 1 aliphatic heterocycles. The minimum atomic E-state index is -0.447. The van der Waals surface area contributed by atoms with E-state index in [0.29, 0.717) is 12.5 Å². The highest BCUT2D eigenvalue weighted by Crippen LogP contribution is 2.17. The van der Waals surface area contributed by atoms with Gasteiger partial charge in [-0.1, -0.05) is 6.92 Å². The van der Waals surface area contributed by atoms with E-state index in [1.165, 1.54) is 0 Å². The third kappa shape index (κ3) is 3.47. The maximum absolute atomic E-state index is 12.0. The van der Waals surface area contributed by atoms with E-state index in [-0.39, 0.29) is 11.9 Å². The van der Waals surface area contributed by atoms with E-state index < -0.39 is 6.10 Å². The van der Waals surface area contributed by atoms with Crippen LogP contribution in [0.3, 0.4) is 0 Å². The van der Waals surface area contributed by atoms with Crippen LogP contribution in [-0.2, 0) is 4.79 Å². The molecule has 1 aliphatic rings. The largest absolute Gasteiger partial charge is 0.392 e. The lowest BCUT2D eigenvalue weighted by Gasteiger charge is -2.26. The zero-order chi connectivity index (χ0) is 11.4. The molecule has 4 heteroatoms. The van der Waals surface area contributed by atoms with E-state index >= 15 is 0 Å². The van der Waals surface area contributed by atoms with E-state index in [9.17, 15) is 9.90 Å². The molecule has 0 aromatic rings. The van der Waals surface area contributed by atoms with Gasteiger partial charge in [0.25, 0.3) is 0 Å². The number of β-amino-alcohol motifs (C(OH)–C–C–N with tert-alkyl or cyclic N) is 1. The van der Waals surface area contributed by atoms with Crippen molar-refractivity contribution in [2.45, 2.75) is 38.8 Å². The third-order valence-corrected chi connectivity index (χ3v) is 2.92. The van der Waals surface area contributed by atoms with Crippen LogP contribution in [-0.4, -0.2) is 48.2 Å². The topological polar surface area (TPSA) is 52.6 Å². The number of carbonyl (C=O) groups is 1. The Balaban J connectivity index is 2.68. The lowest BCUT2D eigenvalue weighted by Crippen LogP contribution is -2.46. The summed E-state index contributed by atoms with van der Waals surface area (Å²) in [7, 11) is 1.82. The summed E-state index contributed by atoms with van der Waals surface area (Å²) in [5.41, 5.74) is 0. The Morgan fingerprint density at radius 3 is 2.80 bits per heavy atom. The highest BCUT2D eigenvalue weighted by molar-refractivity contribution is 5.82. The number of rotatable bonds is 3. The maximum Gasteiger partial charge on any atom is 0.239 e. The Morgan fingerprint density at radius 2 is 2.27 bits per heavy atom. The number of nitrogens with one attached hydrogen (secondary N) is 1. The molecule has 0 radical (unpaired) electrons. The van der Waals surface area contributed by atoms with Crippen molar-refractivity contribution in [3.63, 3.8) is 0 Å². The number of aliphatic hydroxyl groups is 1. The molecule has 1 heterocycles. The minimum Gasteiger partial charge on any atom is -0.392 e. The van der Waals surface area contributed by atoms with Gasteiger partial charge >= 0.3 is 0 Å². The second-order valence-corrected chi connectivity index (χ2v) is 4.62. The second kappa shape index (κ2) is 5.47. The first kappa shape index (κ1) is 12.5. The number of hydrogen-bond acceptors (Lipinski definition) is 3. The highest BCUT2D eigenvalue weighted by atomic mass is 16.3. The third-order valence-electron chi connectivity index (χ3n) is 2.92. The van der Waals surface area contributed by atoms with Crippen molar-refractivity contribution in [3.8, 4) is 0 Å². The van der Waals surface area contributed by atoms with Gasteiger partial charge in [0.1, 0.15) is 0 Å². The highest BCUT2D eigenvalue weighted by Gasteiger charge is 2.28. The molecule has 3 unspecified atom stereocenters.